The van der Waals surface area contributed by atoms with Crippen LogP contribution < -0.4 is 0 Å². The maximum absolute atomic E-state index is 13.2. The summed E-state index contributed by atoms with van der Waals surface area (Å²) in [5, 5.41) is 0. The zero-order valence-electron chi connectivity index (χ0n) is 10.4. The van der Waals surface area contributed by atoms with Crippen molar-refractivity contribution in [3.63, 3.8) is 0 Å². The van der Waals surface area contributed by atoms with Gasteiger partial charge in [-0.15, -0.1) is 6.08 Å². The van der Waals surface area contributed by atoms with E-state index in [-0.39, 0.29) is 38.3 Å². The maximum atomic E-state index is 13.2. The molecule has 19 heavy (non-hydrogen) atoms. The molecule has 5 heteroatoms. The summed E-state index contributed by atoms with van der Waals surface area (Å²) in [5.41, 5.74) is 1.40. The smallest absolute Gasteiger partial charge is 0.192 e. The third kappa shape index (κ3) is 3.18. The second kappa shape index (κ2) is 6.53. The number of halogens is 3. The molecule has 1 nitrogen and oxygen atoms in total. The van der Waals surface area contributed by atoms with Gasteiger partial charge in [0.15, 0.2) is 17.5 Å². The van der Waals surface area contributed by atoms with Crippen molar-refractivity contribution in [1.29, 1.82) is 0 Å². The van der Waals surface area contributed by atoms with Crippen LogP contribution in [0.15, 0.2) is 36.6 Å². The average Bonchev–Trinajstić information content (AvgIpc) is 2.35. The van der Waals surface area contributed by atoms with E-state index in [0.29, 0.717) is 17.9 Å². The van der Waals surface area contributed by atoms with E-state index < -0.39 is 17.5 Å². The molecule has 0 bridgehead atoms. The van der Waals surface area contributed by atoms with Crippen molar-refractivity contribution in [2.75, 3.05) is 6.54 Å². The summed E-state index contributed by atoms with van der Waals surface area (Å²) in [6.07, 6.45) is 6.24. The quantitative estimate of drug-likeness (QED) is 0.587. The normalized spacial score (nSPS) is 14.2. The first-order valence-electron chi connectivity index (χ1n) is 5.46. The summed E-state index contributed by atoms with van der Waals surface area (Å²) in [7, 11) is 0. The van der Waals surface area contributed by atoms with Gasteiger partial charge in [-0.1, -0.05) is 30.0 Å². The van der Waals surface area contributed by atoms with Crippen molar-refractivity contribution in [3.8, 4) is 0 Å². The van der Waals surface area contributed by atoms with Crippen LogP contribution in [0.5, 0.6) is 0 Å². The van der Waals surface area contributed by atoms with E-state index in [9.17, 15) is 13.2 Å². The van der Waals surface area contributed by atoms with Gasteiger partial charge < -0.3 is 4.90 Å². The first-order valence-corrected chi connectivity index (χ1v) is 5.46. The Morgan fingerprint density at radius 1 is 1.21 bits per heavy atom. The predicted octanol–water partition coefficient (Wildman–Crippen LogP) is 3.65. The molecule has 1 aliphatic rings. The van der Waals surface area contributed by atoms with E-state index >= 15 is 0 Å². The molecule has 0 N–H and O–H groups in total. The zero-order chi connectivity index (χ0) is 13.3. The fourth-order valence-corrected chi connectivity index (χ4v) is 1.82. The Labute approximate surface area is 135 Å². The first-order chi connectivity index (χ1) is 8.54. The molecule has 1 radical (unpaired) electrons. The van der Waals surface area contributed by atoms with Crippen LogP contribution in [-0.2, 0) is 32.7 Å². The van der Waals surface area contributed by atoms with Crippen molar-refractivity contribution < 1.29 is 45.9 Å². The maximum Gasteiger partial charge on any atom is 0.192 e. The molecule has 2 rings (SSSR count). The minimum atomic E-state index is -1.47. The number of hydrogen-bond donors (Lipinski definition) is 0. The summed E-state index contributed by atoms with van der Waals surface area (Å²) >= 11 is 0. The van der Waals surface area contributed by atoms with Crippen LogP contribution >= 0.6 is 0 Å². The number of benzene rings is 1. The Morgan fingerprint density at radius 3 is 2.32 bits per heavy atom. The van der Waals surface area contributed by atoms with E-state index in [1.165, 1.54) is 0 Å². The molecule has 1 aromatic carbocycles. The van der Waals surface area contributed by atoms with Crippen LogP contribution in [0.4, 0.5) is 13.2 Å². The van der Waals surface area contributed by atoms with Crippen molar-refractivity contribution in [2.45, 2.75) is 6.92 Å². The molecule has 0 saturated carbocycles. The second-order valence-corrected chi connectivity index (χ2v) is 3.82. The van der Waals surface area contributed by atoms with Crippen molar-refractivity contribution in [3.05, 3.63) is 65.7 Å². The first kappa shape index (κ1) is 16.2. The van der Waals surface area contributed by atoms with Gasteiger partial charge in [0.1, 0.15) is 0 Å². The predicted molar refractivity (Wildman–Crippen MR) is 63.6 cm³/mol. The molecular weight excluding hydrogens is 328 g/mol. The van der Waals surface area contributed by atoms with Gasteiger partial charge in [-0.25, -0.2) is 13.2 Å². The van der Waals surface area contributed by atoms with Crippen LogP contribution in [0.2, 0.25) is 0 Å². The second-order valence-electron chi connectivity index (χ2n) is 3.82. The van der Waals surface area contributed by atoms with Crippen LogP contribution in [0, 0.1) is 23.5 Å². The SMILES string of the molecule is C=C1C=C[C-]=C(c2cc(F)c(F)c(F)c2)N1CC.[Y]. The standard InChI is InChI=1S/C14H11F3N.Y/c1-3-18-9(2)5-4-6-13(18)10-7-11(15)14(17)12(16)8-10;/h4-5,7-8H,2-3H2,1H3;/q-1;. The molecular formula is C14H11F3NY-. The van der Waals surface area contributed by atoms with E-state index in [0.717, 1.165) is 12.1 Å². The molecule has 0 amide bonds. The Bertz CT molecular complexity index is 541. The molecule has 0 fully saturated rings. The molecule has 0 saturated heterocycles. The Balaban J connectivity index is 0.00000180. The van der Waals surface area contributed by atoms with Gasteiger partial charge in [-0.3, -0.25) is 0 Å². The number of nitrogens with zero attached hydrogens (tertiary/aromatic N) is 1. The van der Waals surface area contributed by atoms with Gasteiger partial charge in [0.2, 0.25) is 0 Å². The molecule has 0 aromatic heterocycles. The molecule has 97 valence electrons. The van der Waals surface area contributed by atoms with E-state index in [1.54, 1.807) is 17.1 Å². The van der Waals surface area contributed by atoms with Gasteiger partial charge in [-0.2, -0.15) is 12.2 Å². The van der Waals surface area contributed by atoms with Crippen LogP contribution in [-0.4, -0.2) is 11.4 Å². The summed E-state index contributed by atoms with van der Waals surface area (Å²) in [6.45, 7) is 6.27. The zero-order valence-corrected chi connectivity index (χ0v) is 13.2. The minimum absolute atomic E-state index is 0. The summed E-state index contributed by atoms with van der Waals surface area (Å²) in [6, 6.07) is 1.91. The largest absolute Gasteiger partial charge is 0.376 e. The Kier molecular flexibility index (Phi) is 5.56. The van der Waals surface area contributed by atoms with Gasteiger partial charge in [0, 0.05) is 39.3 Å². The molecule has 0 spiro atoms. The number of hydrogen-bond acceptors (Lipinski definition) is 1. The fraction of sp³-hybridized carbons (Fsp3) is 0.143. The molecule has 0 unspecified atom stereocenters. The summed E-state index contributed by atoms with van der Waals surface area (Å²) in [4.78, 5) is 1.74. The van der Waals surface area contributed by atoms with Crippen molar-refractivity contribution in [2.24, 2.45) is 0 Å². The molecule has 1 heterocycles. The Morgan fingerprint density at radius 2 is 1.79 bits per heavy atom. The number of allylic oxidation sites excluding steroid dienone is 3. The average molecular weight is 339 g/mol. The molecule has 1 aliphatic heterocycles. The summed E-state index contributed by atoms with van der Waals surface area (Å²) < 4.78 is 39.3. The third-order valence-electron chi connectivity index (χ3n) is 2.69. The Hall–Kier alpha value is -0.866. The van der Waals surface area contributed by atoms with Crippen LogP contribution in [0.25, 0.3) is 5.70 Å². The van der Waals surface area contributed by atoms with Crippen molar-refractivity contribution in [1.82, 2.24) is 4.90 Å². The van der Waals surface area contributed by atoms with Crippen LogP contribution in [0.3, 0.4) is 0 Å². The van der Waals surface area contributed by atoms with Crippen molar-refractivity contribution >= 4 is 5.70 Å². The van der Waals surface area contributed by atoms with Gasteiger partial charge in [-0.05, 0) is 12.6 Å². The van der Waals surface area contributed by atoms with E-state index in [4.69, 9.17) is 0 Å². The molecule has 1 aromatic rings. The van der Waals surface area contributed by atoms with E-state index in [1.807, 2.05) is 6.92 Å². The summed E-state index contributed by atoms with van der Waals surface area (Å²) in [5.74, 6) is -3.89. The molecule has 0 aliphatic carbocycles. The fourth-order valence-electron chi connectivity index (χ4n) is 1.82. The number of likely N-dealkylation sites (N-methyl/N-ethyl adjacent to an activating group) is 1. The topological polar surface area (TPSA) is 3.24 Å². The van der Waals surface area contributed by atoms with Gasteiger partial charge >= 0.3 is 0 Å². The number of rotatable bonds is 2. The van der Waals surface area contributed by atoms with Crippen LogP contribution in [0.1, 0.15) is 12.5 Å². The third-order valence-corrected chi connectivity index (χ3v) is 2.69. The monoisotopic (exact) mass is 339 g/mol. The van der Waals surface area contributed by atoms with Gasteiger partial charge in [0.05, 0.1) is 0 Å². The molecule has 0 atom stereocenters. The minimum Gasteiger partial charge on any atom is -0.376 e. The van der Waals surface area contributed by atoms with E-state index in [2.05, 4.69) is 12.7 Å². The van der Waals surface area contributed by atoms with Gasteiger partial charge in [0.25, 0.3) is 0 Å².